The van der Waals surface area contributed by atoms with Crippen molar-refractivity contribution in [2.24, 2.45) is 0 Å². The van der Waals surface area contributed by atoms with E-state index in [0.29, 0.717) is 0 Å². The second-order valence-electron chi connectivity index (χ2n) is 7.98. The molecule has 2 aromatic rings. The molecule has 1 aromatic carbocycles. The lowest BCUT2D eigenvalue weighted by Crippen LogP contribution is -2.45. The monoisotopic (exact) mass is 353 g/mol. The van der Waals surface area contributed by atoms with Gasteiger partial charge in [0.15, 0.2) is 0 Å². The van der Waals surface area contributed by atoms with E-state index in [4.69, 9.17) is 0 Å². The summed E-state index contributed by atoms with van der Waals surface area (Å²) < 4.78 is 14.5. The summed E-state index contributed by atoms with van der Waals surface area (Å²) >= 11 is 0. The van der Waals surface area contributed by atoms with Crippen LogP contribution in [0.2, 0.25) is 0 Å². The van der Waals surface area contributed by atoms with Gasteiger partial charge in [-0.15, -0.1) is 0 Å². The van der Waals surface area contributed by atoms with Gasteiger partial charge in [-0.05, 0) is 62.3 Å². The third-order valence-corrected chi connectivity index (χ3v) is 6.56. The van der Waals surface area contributed by atoms with Crippen molar-refractivity contribution < 1.29 is 4.39 Å². The quantitative estimate of drug-likeness (QED) is 0.826. The van der Waals surface area contributed by atoms with Crippen LogP contribution in [0.25, 0.3) is 0 Å². The van der Waals surface area contributed by atoms with Crippen LogP contribution in [0.1, 0.15) is 42.4 Å². The predicted octanol–water partition coefficient (Wildman–Crippen LogP) is 3.36. The van der Waals surface area contributed by atoms with Gasteiger partial charge in [-0.3, -0.25) is 4.79 Å². The van der Waals surface area contributed by atoms with E-state index >= 15 is 0 Å². The molecule has 1 saturated heterocycles. The number of nitrogens with one attached hydrogen (secondary N) is 2. The number of benzene rings is 1. The molecule has 136 valence electrons. The smallest absolute Gasteiger partial charge is 0.252 e. The van der Waals surface area contributed by atoms with Gasteiger partial charge in [-0.25, -0.2) is 4.39 Å². The molecule has 3 heterocycles. The first-order valence-electron chi connectivity index (χ1n) is 9.69. The van der Waals surface area contributed by atoms with Gasteiger partial charge in [0, 0.05) is 41.9 Å². The number of anilines is 2. The number of hydrogen-bond donors (Lipinski definition) is 2. The molecule has 0 radical (unpaired) electrons. The maximum absolute atomic E-state index is 14.5. The molecule has 26 heavy (non-hydrogen) atoms. The first-order chi connectivity index (χ1) is 12.7. The average Bonchev–Trinajstić information content (AvgIpc) is 3.02. The van der Waals surface area contributed by atoms with Gasteiger partial charge in [0.1, 0.15) is 11.6 Å². The number of pyridine rings is 1. The number of aromatic amines is 1. The fourth-order valence-electron chi connectivity index (χ4n) is 5.08. The van der Waals surface area contributed by atoms with Gasteiger partial charge >= 0.3 is 0 Å². The third-order valence-electron chi connectivity index (χ3n) is 6.56. The van der Waals surface area contributed by atoms with Gasteiger partial charge in [-0.1, -0.05) is 6.07 Å². The molecule has 1 fully saturated rings. The summed E-state index contributed by atoms with van der Waals surface area (Å²) in [6, 6.07) is 7.49. The zero-order valence-corrected chi connectivity index (χ0v) is 14.9. The van der Waals surface area contributed by atoms with Crippen molar-refractivity contribution in [3.8, 4) is 0 Å². The molecule has 3 aliphatic rings. The van der Waals surface area contributed by atoms with Crippen molar-refractivity contribution in [2.75, 3.05) is 29.9 Å². The molecule has 0 bridgehead atoms. The van der Waals surface area contributed by atoms with Crippen LogP contribution >= 0.6 is 0 Å². The lowest BCUT2D eigenvalue weighted by atomic mass is 9.74. The minimum absolute atomic E-state index is 0.0800. The van der Waals surface area contributed by atoms with E-state index in [1.54, 1.807) is 12.1 Å². The van der Waals surface area contributed by atoms with E-state index in [-0.39, 0.29) is 16.8 Å². The highest BCUT2D eigenvalue weighted by Gasteiger charge is 2.43. The highest BCUT2D eigenvalue weighted by atomic mass is 19.1. The molecule has 0 saturated carbocycles. The lowest BCUT2D eigenvalue weighted by Gasteiger charge is -2.40. The van der Waals surface area contributed by atoms with E-state index < -0.39 is 0 Å². The Kier molecular flexibility index (Phi) is 3.59. The number of piperidine rings is 1. The molecule has 0 amide bonds. The molecule has 5 rings (SSSR count). The molecule has 2 N–H and O–H groups in total. The molecular weight excluding hydrogens is 329 g/mol. The zero-order chi connectivity index (χ0) is 17.7. The predicted molar refractivity (Wildman–Crippen MR) is 102 cm³/mol. The van der Waals surface area contributed by atoms with Crippen LogP contribution < -0.4 is 15.8 Å². The average molecular weight is 353 g/mol. The normalized spacial score (nSPS) is 20.6. The highest BCUT2D eigenvalue weighted by molar-refractivity contribution is 5.61. The van der Waals surface area contributed by atoms with Crippen molar-refractivity contribution in [1.82, 2.24) is 4.98 Å². The van der Waals surface area contributed by atoms with Crippen LogP contribution in [0, 0.1) is 5.82 Å². The maximum Gasteiger partial charge on any atom is 0.252 e. The number of nitrogens with zero attached hydrogens (tertiary/aromatic N) is 1. The Morgan fingerprint density at radius 1 is 1.12 bits per heavy atom. The zero-order valence-electron chi connectivity index (χ0n) is 14.9. The number of hydrogen-bond acceptors (Lipinski definition) is 3. The van der Waals surface area contributed by atoms with Crippen LogP contribution in [-0.2, 0) is 18.3 Å². The number of aryl methyl sites for hydroxylation is 1. The first kappa shape index (κ1) is 15.9. The summed E-state index contributed by atoms with van der Waals surface area (Å²) in [4.78, 5) is 17.8. The summed E-state index contributed by atoms with van der Waals surface area (Å²) in [5.74, 6) is 0.841. The summed E-state index contributed by atoms with van der Waals surface area (Å²) in [5, 5.41) is 3.39. The SMILES string of the molecule is O=c1[nH]c(N2CCC3(CC2)CNc2cccc(F)c23)cc2c1CCCC2. The van der Waals surface area contributed by atoms with Gasteiger partial charge in [0.2, 0.25) is 0 Å². The second-order valence-corrected chi connectivity index (χ2v) is 7.98. The van der Waals surface area contributed by atoms with Gasteiger partial charge in [0.25, 0.3) is 5.56 Å². The summed E-state index contributed by atoms with van der Waals surface area (Å²) in [7, 11) is 0. The number of aromatic nitrogens is 1. The van der Waals surface area contributed by atoms with Gasteiger partial charge in [0.05, 0.1) is 0 Å². The second kappa shape index (κ2) is 5.86. The summed E-state index contributed by atoms with van der Waals surface area (Å²) in [6.45, 7) is 2.48. The number of rotatable bonds is 1. The molecule has 4 nitrogen and oxygen atoms in total. The molecule has 1 spiro atoms. The van der Waals surface area contributed by atoms with Crippen molar-refractivity contribution >= 4 is 11.5 Å². The standard InChI is InChI=1S/C21H24FN3O/c22-16-6-3-7-17-19(16)21(13-23-17)8-10-25(11-9-21)18-12-14-4-1-2-5-15(14)20(26)24-18/h3,6-7,12,23H,1-2,4-5,8-11,13H2,(H,24,26). The van der Waals surface area contributed by atoms with E-state index in [9.17, 15) is 9.18 Å². The van der Waals surface area contributed by atoms with Crippen LogP contribution in [0.4, 0.5) is 15.9 Å². The van der Waals surface area contributed by atoms with Crippen molar-refractivity contribution in [1.29, 1.82) is 0 Å². The fourth-order valence-corrected chi connectivity index (χ4v) is 5.08. The Morgan fingerprint density at radius 2 is 1.92 bits per heavy atom. The van der Waals surface area contributed by atoms with E-state index in [1.807, 2.05) is 6.07 Å². The Balaban J connectivity index is 1.41. The molecule has 5 heteroatoms. The lowest BCUT2D eigenvalue weighted by molar-refractivity contribution is 0.349. The largest absolute Gasteiger partial charge is 0.384 e. The van der Waals surface area contributed by atoms with Crippen molar-refractivity contribution in [3.05, 3.63) is 57.1 Å². The van der Waals surface area contributed by atoms with Crippen molar-refractivity contribution in [2.45, 2.75) is 43.9 Å². The van der Waals surface area contributed by atoms with Gasteiger partial charge in [-0.2, -0.15) is 0 Å². The van der Waals surface area contributed by atoms with Crippen LogP contribution in [0.3, 0.4) is 0 Å². The van der Waals surface area contributed by atoms with Gasteiger partial charge < -0.3 is 15.2 Å². The highest BCUT2D eigenvalue weighted by Crippen LogP contribution is 2.45. The summed E-state index contributed by atoms with van der Waals surface area (Å²) in [5.41, 5.74) is 3.96. The van der Waals surface area contributed by atoms with E-state index in [0.717, 1.165) is 74.4 Å². The molecule has 0 unspecified atom stereocenters. The minimum atomic E-state index is -0.119. The van der Waals surface area contributed by atoms with Crippen LogP contribution in [0.15, 0.2) is 29.1 Å². The number of fused-ring (bicyclic) bond motifs is 3. The Labute approximate surface area is 152 Å². The van der Waals surface area contributed by atoms with Crippen LogP contribution in [0.5, 0.6) is 0 Å². The summed E-state index contributed by atoms with van der Waals surface area (Å²) in [6.07, 6.45) is 5.97. The molecular formula is C21H24FN3O. The van der Waals surface area contributed by atoms with E-state index in [1.165, 1.54) is 12.0 Å². The minimum Gasteiger partial charge on any atom is -0.384 e. The maximum atomic E-state index is 14.5. The number of halogens is 1. The van der Waals surface area contributed by atoms with Crippen molar-refractivity contribution in [3.63, 3.8) is 0 Å². The van der Waals surface area contributed by atoms with Crippen LogP contribution in [-0.4, -0.2) is 24.6 Å². The fraction of sp³-hybridized carbons (Fsp3) is 0.476. The molecule has 1 aliphatic carbocycles. The Hall–Kier alpha value is -2.30. The van der Waals surface area contributed by atoms with E-state index in [2.05, 4.69) is 21.3 Å². The first-order valence-corrected chi connectivity index (χ1v) is 9.69. The number of H-pyrrole nitrogens is 1. The molecule has 1 aromatic heterocycles. The molecule has 0 atom stereocenters. The third kappa shape index (κ3) is 2.37. The Morgan fingerprint density at radius 3 is 2.77 bits per heavy atom. The molecule has 2 aliphatic heterocycles. The topological polar surface area (TPSA) is 48.1 Å². The Bertz CT molecular complexity index is 912.